The number of hydrogen-bond donors (Lipinski definition) is 1. The van der Waals surface area contributed by atoms with Gasteiger partial charge in [0.25, 0.3) is 0 Å². The number of aryl methyl sites for hydroxylation is 1. The summed E-state index contributed by atoms with van der Waals surface area (Å²) < 4.78 is 12.9. The average Bonchev–Trinajstić information content (AvgIpc) is 2.02. The van der Waals surface area contributed by atoms with Crippen LogP contribution in [0.4, 0.5) is 10.1 Å². The minimum absolute atomic E-state index is 0.370. The van der Waals surface area contributed by atoms with E-state index in [2.05, 4.69) is 9.97 Å². The molecule has 13 heavy (non-hydrogen) atoms. The van der Waals surface area contributed by atoms with E-state index in [0.717, 1.165) is 0 Å². The highest BCUT2D eigenvalue weighted by Crippen LogP contribution is 2.19. The van der Waals surface area contributed by atoms with Crippen LogP contribution >= 0.6 is 0 Å². The van der Waals surface area contributed by atoms with Gasteiger partial charge in [-0.2, -0.15) is 0 Å². The van der Waals surface area contributed by atoms with E-state index in [1.807, 2.05) is 0 Å². The van der Waals surface area contributed by atoms with Gasteiger partial charge in [-0.3, -0.25) is 0 Å². The van der Waals surface area contributed by atoms with Crippen molar-refractivity contribution >= 4 is 16.6 Å². The monoisotopic (exact) mass is 177 g/mol. The van der Waals surface area contributed by atoms with Crippen molar-refractivity contribution in [1.82, 2.24) is 9.97 Å². The number of anilines is 1. The molecule has 0 unspecified atom stereocenters. The molecule has 2 N–H and O–H groups in total. The summed E-state index contributed by atoms with van der Waals surface area (Å²) in [6.07, 6.45) is 1.60. The van der Waals surface area contributed by atoms with Gasteiger partial charge in [0.2, 0.25) is 0 Å². The Hall–Kier alpha value is -1.71. The zero-order valence-electron chi connectivity index (χ0n) is 7.08. The first-order valence-corrected chi connectivity index (χ1v) is 3.85. The molecule has 2 aromatic rings. The largest absolute Gasteiger partial charge is 0.398 e. The summed E-state index contributed by atoms with van der Waals surface area (Å²) in [6, 6.07) is 2.61. The smallest absolute Gasteiger partial charge is 0.127 e. The van der Waals surface area contributed by atoms with Gasteiger partial charge in [-0.1, -0.05) is 0 Å². The van der Waals surface area contributed by atoms with E-state index in [-0.39, 0.29) is 5.82 Å². The Morgan fingerprint density at radius 1 is 1.38 bits per heavy atom. The Morgan fingerprint density at radius 2 is 2.15 bits per heavy atom. The van der Waals surface area contributed by atoms with Crippen LogP contribution in [0.15, 0.2) is 18.3 Å². The molecule has 0 radical (unpaired) electrons. The normalized spacial score (nSPS) is 10.6. The van der Waals surface area contributed by atoms with Crippen molar-refractivity contribution in [3.63, 3.8) is 0 Å². The highest BCUT2D eigenvalue weighted by atomic mass is 19.1. The first-order valence-electron chi connectivity index (χ1n) is 3.85. The molecule has 66 valence electrons. The maximum Gasteiger partial charge on any atom is 0.127 e. The van der Waals surface area contributed by atoms with Crippen LogP contribution in [0.1, 0.15) is 5.82 Å². The summed E-state index contributed by atoms with van der Waals surface area (Å²) in [6.45, 7) is 1.75. The van der Waals surface area contributed by atoms with Gasteiger partial charge in [-0.15, -0.1) is 0 Å². The van der Waals surface area contributed by atoms with Crippen molar-refractivity contribution in [3.8, 4) is 0 Å². The molecule has 0 spiro atoms. The van der Waals surface area contributed by atoms with Crippen LogP contribution in [-0.2, 0) is 0 Å². The lowest BCUT2D eigenvalue weighted by Crippen LogP contribution is -1.94. The third kappa shape index (κ3) is 1.30. The van der Waals surface area contributed by atoms with E-state index in [4.69, 9.17) is 5.73 Å². The molecule has 0 bridgehead atoms. The molecule has 1 heterocycles. The van der Waals surface area contributed by atoms with Crippen LogP contribution in [0, 0.1) is 12.7 Å². The predicted octanol–water partition coefficient (Wildman–Crippen LogP) is 1.66. The Morgan fingerprint density at radius 3 is 2.92 bits per heavy atom. The van der Waals surface area contributed by atoms with Gasteiger partial charge in [-0.25, -0.2) is 14.4 Å². The molecular formula is C9H8FN3. The van der Waals surface area contributed by atoms with Crippen molar-refractivity contribution in [2.45, 2.75) is 6.92 Å². The number of fused-ring (bicyclic) bond motifs is 1. The number of hydrogen-bond acceptors (Lipinski definition) is 3. The second-order valence-electron chi connectivity index (χ2n) is 2.85. The summed E-state index contributed by atoms with van der Waals surface area (Å²) in [5, 5.41) is 0.687. The van der Waals surface area contributed by atoms with Crippen molar-refractivity contribution in [2.75, 3.05) is 5.73 Å². The van der Waals surface area contributed by atoms with Crippen LogP contribution in [0.2, 0.25) is 0 Å². The summed E-state index contributed by atoms with van der Waals surface area (Å²) in [7, 11) is 0. The minimum atomic E-state index is -0.372. The SMILES string of the molecule is Cc1ncc2c(N)cc(F)cc2n1. The Balaban J connectivity index is 2.86. The Kier molecular flexibility index (Phi) is 1.62. The fraction of sp³-hybridized carbons (Fsp3) is 0.111. The minimum Gasteiger partial charge on any atom is -0.398 e. The van der Waals surface area contributed by atoms with E-state index in [1.54, 1.807) is 13.1 Å². The second-order valence-corrected chi connectivity index (χ2v) is 2.85. The Bertz CT molecular complexity index is 462. The van der Waals surface area contributed by atoms with Crippen LogP contribution in [0.25, 0.3) is 10.9 Å². The van der Waals surface area contributed by atoms with E-state index < -0.39 is 0 Å². The van der Waals surface area contributed by atoms with Gasteiger partial charge in [0.1, 0.15) is 11.6 Å². The maximum atomic E-state index is 12.9. The maximum absolute atomic E-state index is 12.9. The lowest BCUT2D eigenvalue weighted by Gasteiger charge is -2.01. The second kappa shape index (κ2) is 2.65. The number of aromatic nitrogens is 2. The molecule has 0 amide bonds. The fourth-order valence-corrected chi connectivity index (χ4v) is 1.22. The molecule has 1 aromatic heterocycles. The van der Waals surface area contributed by atoms with Crippen molar-refractivity contribution in [2.24, 2.45) is 0 Å². The summed E-state index contributed by atoms with van der Waals surface area (Å²) in [5.74, 6) is 0.237. The van der Waals surface area contributed by atoms with Gasteiger partial charge in [0.15, 0.2) is 0 Å². The molecule has 3 nitrogen and oxygen atoms in total. The first-order chi connectivity index (χ1) is 6.16. The molecule has 4 heteroatoms. The summed E-state index contributed by atoms with van der Waals surface area (Å²) in [4.78, 5) is 8.05. The molecule has 2 rings (SSSR count). The third-order valence-corrected chi connectivity index (χ3v) is 1.82. The van der Waals surface area contributed by atoms with Crippen molar-refractivity contribution in [1.29, 1.82) is 0 Å². The van der Waals surface area contributed by atoms with Gasteiger partial charge < -0.3 is 5.73 Å². The molecule has 0 atom stereocenters. The lowest BCUT2D eigenvalue weighted by atomic mass is 10.2. The fourth-order valence-electron chi connectivity index (χ4n) is 1.22. The predicted molar refractivity (Wildman–Crippen MR) is 48.6 cm³/mol. The van der Waals surface area contributed by atoms with Crippen LogP contribution in [-0.4, -0.2) is 9.97 Å². The van der Waals surface area contributed by atoms with E-state index in [0.29, 0.717) is 22.4 Å². The number of nitrogen functional groups attached to an aromatic ring is 1. The van der Waals surface area contributed by atoms with Crippen LogP contribution < -0.4 is 5.73 Å². The molecule has 0 aliphatic carbocycles. The number of halogens is 1. The standard InChI is InChI=1S/C9H8FN3/c1-5-12-4-7-8(11)2-6(10)3-9(7)13-5/h2-4H,11H2,1H3. The van der Waals surface area contributed by atoms with Gasteiger partial charge in [0, 0.05) is 23.3 Å². The highest BCUT2D eigenvalue weighted by Gasteiger charge is 2.02. The topological polar surface area (TPSA) is 51.8 Å². The van der Waals surface area contributed by atoms with Gasteiger partial charge >= 0.3 is 0 Å². The molecule has 0 fully saturated rings. The first kappa shape index (κ1) is 7.91. The van der Waals surface area contributed by atoms with Crippen LogP contribution in [0.5, 0.6) is 0 Å². The molecule has 0 aliphatic rings. The zero-order chi connectivity index (χ0) is 9.42. The molecule has 0 saturated carbocycles. The molecule has 0 saturated heterocycles. The Labute approximate surface area is 74.4 Å². The quantitative estimate of drug-likeness (QED) is 0.622. The highest BCUT2D eigenvalue weighted by molar-refractivity contribution is 5.89. The van der Waals surface area contributed by atoms with E-state index in [1.165, 1.54) is 12.1 Å². The molecular weight excluding hydrogens is 169 g/mol. The van der Waals surface area contributed by atoms with E-state index >= 15 is 0 Å². The number of rotatable bonds is 0. The van der Waals surface area contributed by atoms with Crippen molar-refractivity contribution in [3.05, 3.63) is 30.0 Å². The van der Waals surface area contributed by atoms with Gasteiger partial charge in [-0.05, 0) is 13.0 Å². The summed E-state index contributed by atoms with van der Waals surface area (Å²) in [5.41, 5.74) is 6.50. The summed E-state index contributed by atoms with van der Waals surface area (Å²) >= 11 is 0. The van der Waals surface area contributed by atoms with Gasteiger partial charge in [0.05, 0.1) is 5.52 Å². The van der Waals surface area contributed by atoms with E-state index in [9.17, 15) is 4.39 Å². The lowest BCUT2D eigenvalue weighted by molar-refractivity contribution is 0.630. The third-order valence-electron chi connectivity index (χ3n) is 1.82. The average molecular weight is 177 g/mol. The number of benzene rings is 1. The zero-order valence-corrected chi connectivity index (χ0v) is 7.08. The molecule has 0 aliphatic heterocycles. The number of nitrogens with zero attached hydrogens (tertiary/aromatic N) is 2. The molecule has 1 aromatic carbocycles. The van der Waals surface area contributed by atoms with Crippen LogP contribution in [0.3, 0.4) is 0 Å². The number of nitrogens with two attached hydrogens (primary N) is 1. The van der Waals surface area contributed by atoms with Crippen molar-refractivity contribution < 1.29 is 4.39 Å².